The third-order valence-corrected chi connectivity index (χ3v) is 4.54. The van der Waals surface area contributed by atoms with Gasteiger partial charge in [0.2, 0.25) is 0 Å². The minimum absolute atomic E-state index is 0.112. The maximum atomic E-state index is 13.1. The van der Waals surface area contributed by atoms with E-state index in [-0.39, 0.29) is 18.3 Å². The molecule has 2 aromatic carbocycles. The molecule has 1 saturated heterocycles. The Balaban J connectivity index is 1.64. The lowest BCUT2D eigenvalue weighted by Crippen LogP contribution is -2.48. The minimum atomic E-state index is -0.596. The van der Waals surface area contributed by atoms with Crippen molar-refractivity contribution in [3.8, 4) is 11.5 Å². The van der Waals surface area contributed by atoms with E-state index in [1.54, 1.807) is 35.2 Å². The first kappa shape index (κ1) is 19.5. The zero-order valence-electron chi connectivity index (χ0n) is 15.6. The molecule has 2 N–H and O–H groups in total. The molecule has 0 saturated carbocycles. The number of methoxy groups -OCH3 is 1. The highest BCUT2D eigenvalue weighted by Crippen LogP contribution is 2.29. The number of hydrogen-bond acceptors (Lipinski definition) is 5. The molecule has 148 valence electrons. The summed E-state index contributed by atoms with van der Waals surface area (Å²) in [6.45, 7) is 2.16. The topological polar surface area (TPSA) is 85.1 Å². The van der Waals surface area contributed by atoms with Crippen LogP contribution in [0.3, 0.4) is 0 Å². The van der Waals surface area contributed by atoms with Crippen LogP contribution < -0.4 is 20.1 Å². The molecule has 1 aliphatic rings. The smallest absolute Gasteiger partial charge is 0.255 e. The summed E-state index contributed by atoms with van der Waals surface area (Å²) < 4.78 is 23.6. The number of hydrogen-bond donors (Lipinski definition) is 1. The van der Waals surface area contributed by atoms with Crippen molar-refractivity contribution >= 4 is 17.5 Å². The molecule has 2 amide bonds. The van der Waals surface area contributed by atoms with Crippen LogP contribution in [0.5, 0.6) is 11.5 Å². The first-order valence-corrected chi connectivity index (χ1v) is 8.87. The molecule has 0 spiro atoms. The monoisotopic (exact) mass is 387 g/mol. The van der Waals surface area contributed by atoms with Gasteiger partial charge in [-0.3, -0.25) is 9.59 Å². The van der Waals surface area contributed by atoms with E-state index in [4.69, 9.17) is 15.2 Å². The van der Waals surface area contributed by atoms with Crippen LogP contribution in [-0.2, 0) is 4.79 Å². The van der Waals surface area contributed by atoms with Crippen LogP contribution >= 0.6 is 0 Å². The molecule has 2 aromatic rings. The normalized spacial score (nSPS) is 13.9. The number of primary amides is 1. The summed E-state index contributed by atoms with van der Waals surface area (Å²) in [6, 6.07) is 11.1. The molecular weight excluding hydrogens is 365 g/mol. The van der Waals surface area contributed by atoms with Gasteiger partial charge in [-0.1, -0.05) is 0 Å². The number of carbonyl (C=O) groups is 2. The average molecular weight is 387 g/mol. The Bertz CT molecular complexity index is 849. The average Bonchev–Trinajstić information content (AvgIpc) is 2.72. The molecule has 0 radical (unpaired) electrons. The molecule has 7 nitrogen and oxygen atoms in total. The summed E-state index contributed by atoms with van der Waals surface area (Å²) >= 11 is 0. The van der Waals surface area contributed by atoms with Gasteiger partial charge in [-0.25, -0.2) is 4.39 Å². The number of nitrogens with two attached hydrogens (primary N) is 1. The molecule has 28 heavy (non-hydrogen) atoms. The Kier molecular flexibility index (Phi) is 5.98. The fourth-order valence-electron chi connectivity index (χ4n) is 3.07. The molecule has 0 atom stereocenters. The first-order valence-electron chi connectivity index (χ1n) is 8.87. The fourth-order valence-corrected chi connectivity index (χ4v) is 3.07. The standard InChI is InChI=1S/C20H22FN3O4/c1-27-18-12-14(2-7-17(18)28-13-19(22)25)20(26)24-10-8-23(9-11-24)16-5-3-15(21)4-6-16/h2-7,12H,8-11,13H2,1H3,(H2,22,25). The lowest BCUT2D eigenvalue weighted by atomic mass is 10.1. The largest absolute Gasteiger partial charge is 0.493 e. The Morgan fingerprint density at radius 1 is 1.04 bits per heavy atom. The van der Waals surface area contributed by atoms with Crippen LogP contribution in [0.25, 0.3) is 0 Å². The van der Waals surface area contributed by atoms with E-state index in [0.29, 0.717) is 43.2 Å². The van der Waals surface area contributed by atoms with Gasteiger partial charge < -0.3 is 25.0 Å². The maximum Gasteiger partial charge on any atom is 0.255 e. The quantitative estimate of drug-likeness (QED) is 0.815. The number of carbonyl (C=O) groups excluding carboxylic acids is 2. The Morgan fingerprint density at radius 3 is 2.32 bits per heavy atom. The van der Waals surface area contributed by atoms with Crippen molar-refractivity contribution in [3.05, 3.63) is 53.8 Å². The second-order valence-electron chi connectivity index (χ2n) is 6.38. The number of ether oxygens (including phenoxy) is 2. The molecular formula is C20H22FN3O4. The highest BCUT2D eigenvalue weighted by atomic mass is 19.1. The van der Waals surface area contributed by atoms with Gasteiger partial charge in [0, 0.05) is 37.4 Å². The summed E-state index contributed by atoms with van der Waals surface area (Å²) in [4.78, 5) is 27.6. The van der Waals surface area contributed by atoms with Crippen molar-refractivity contribution in [2.45, 2.75) is 0 Å². The van der Waals surface area contributed by atoms with Gasteiger partial charge in [0.05, 0.1) is 7.11 Å². The molecule has 8 heteroatoms. The summed E-state index contributed by atoms with van der Waals surface area (Å²) in [5.74, 6) is -0.273. The minimum Gasteiger partial charge on any atom is -0.493 e. The summed E-state index contributed by atoms with van der Waals surface area (Å²) in [6.07, 6.45) is 0. The number of nitrogens with zero attached hydrogens (tertiary/aromatic N) is 2. The predicted molar refractivity (Wildman–Crippen MR) is 102 cm³/mol. The third kappa shape index (κ3) is 4.51. The molecule has 0 unspecified atom stereocenters. The van der Waals surface area contributed by atoms with E-state index < -0.39 is 5.91 Å². The van der Waals surface area contributed by atoms with Gasteiger partial charge in [-0.2, -0.15) is 0 Å². The number of anilines is 1. The predicted octanol–water partition coefficient (Wildman–Crippen LogP) is 1.66. The van der Waals surface area contributed by atoms with E-state index in [2.05, 4.69) is 4.90 Å². The molecule has 1 heterocycles. The molecule has 0 aliphatic carbocycles. The van der Waals surface area contributed by atoms with Crippen LogP contribution in [0.2, 0.25) is 0 Å². The summed E-state index contributed by atoms with van der Waals surface area (Å²) in [7, 11) is 1.46. The van der Waals surface area contributed by atoms with Gasteiger partial charge in [0.15, 0.2) is 18.1 Å². The van der Waals surface area contributed by atoms with Crippen LogP contribution in [0.4, 0.5) is 10.1 Å². The molecule has 3 rings (SSSR count). The van der Waals surface area contributed by atoms with E-state index >= 15 is 0 Å². The number of halogens is 1. The highest BCUT2D eigenvalue weighted by Gasteiger charge is 2.23. The van der Waals surface area contributed by atoms with E-state index in [1.807, 2.05) is 0 Å². The molecule has 1 fully saturated rings. The van der Waals surface area contributed by atoms with E-state index in [0.717, 1.165) is 5.69 Å². The van der Waals surface area contributed by atoms with Crippen molar-refractivity contribution < 1.29 is 23.5 Å². The van der Waals surface area contributed by atoms with E-state index in [1.165, 1.54) is 19.2 Å². The van der Waals surface area contributed by atoms with Gasteiger partial charge in [-0.15, -0.1) is 0 Å². The van der Waals surface area contributed by atoms with Crippen LogP contribution in [0.1, 0.15) is 10.4 Å². The number of benzene rings is 2. The summed E-state index contributed by atoms with van der Waals surface area (Å²) in [5, 5.41) is 0. The van der Waals surface area contributed by atoms with Crippen LogP contribution in [-0.4, -0.2) is 56.6 Å². The molecule has 1 aliphatic heterocycles. The second kappa shape index (κ2) is 8.60. The Morgan fingerprint density at radius 2 is 1.71 bits per heavy atom. The van der Waals surface area contributed by atoms with E-state index in [9.17, 15) is 14.0 Å². The van der Waals surface area contributed by atoms with Crippen molar-refractivity contribution in [3.63, 3.8) is 0 Å². The third-order valence-electron chi connectivity index (χ3n) is 4.54. The maximum absolute atomic E-state index is 13.1. The number of piperazine rings is 1. The first-order chi connectivity index (χ1) is 13.5. The molecule has 0 bridgehead atoms. The van der Waals surface area contributed by atoms with Gasteiger partial charge in [0.25, 0.3) is 11.8 Å². The van der Waals surface area contributed by atoms with Gasteiger partial charge in [-0.05, 0) is 42.5 Å². The van der Waals surface area contributed by atoms with Crippen LogP contribution in [0.15, 0.2) is 42.5 Å². The van der Waals surface area contributed by atoms with Crippen molar-refractivity contribution in [1.29, 1.82) is 0 Å². The van der Waals surface area contributed by atoms with Crippen molar-refractivity contribution in [2.24, 2.45) is 5.73 Å². The summed E-state index contributed by atoms with van der Waals surface area (Å²) in [5.41, 5.74) is 6.49. The zero-order chi connectivity index (χ0) is 20.1. The lowest BCUT2D eigenvalue weighted by Gasteiger charge is -2.36. The van der Waals surface area contributed by atoms with Gasteiger partial charge in [0.1, 0.15) is 5.82 Å². The van der Waals surface area contributed by atoms with Crippen molar-refractivity contribution in [2.75, 3.05) is 44.8 Å². The number of rotatable bonds is 6. The Labute approximate surface area is 162 Å². The zero-order valence-corrected chi connectivity index (χ0v) is 15.6. The Hall–Kier alpha value is -3.29. The lowest BCUT2D eigenvalue weighted by molar-refractivity contribution is -0.119. The van der Waals surface area contributed by atoms with Crippen molar-refractivity contribution in [1.82, 2.24) is 4.90 Å². The highest BCUT2D eigenvalue weighted by molar-refractivity contribution is 5.95. The second-order valence-corrected chi connectivity index (χ2v) is 6.38. The fraction of sp³-hybridized carbons (Fsp3) is 0.300. The van der Waals surface area contributed by atoms with Gasteiger partial charge >= 0.3 is 0 Å². The van der Waals surface area contributed by atoms with Crippen LogP contribution in [0, 0.1) is 5.82 Å². The number of amides is 2. The SMILES string of the molecule is COc1cc(C(=O)N2CCN(c3ccc(F)cc3)CC2)ccc1OCC(N)=O. The molecule has 0 aromatic heterocycles.